The summed E-state index contributed by atoms with van der Waals surface area (Å²) in [5.74, 6) is 0. The van der Waals surface area contributed by atoms with Crippen molar-refractivity contribution in [3.63, 3.8) is 0 Å². The van der Waals surface area contributed by atoms with Crippen LogP contribution in [0.15, 0.2) is 12.3 Å². The van der Waals surface area contributed by atoms with Crippen molar-refractivity contribution in [3.05, 3.63) is 29.1 Å². The Morgan fingerprint density at radius 1 is 1.37 bits per heavy atom. The van der Waals surface area contributed by atoms with Gasteiger partial charge >= 0.3 is 6.09 Å². The van der Waals surface area contributed by atoms with E-state index >= 15 is 0 Å². The van der Waals surface area contributed by atoms with Crippen LogP contribution in [0.2, 0.25) is 0 Å². The van der Waals surface area contributed by atoms with Gasteiger partial charge < -0.3 is 14.2 Å². The number of hydrogen-bond acceptors (Lipinski definition) is 5. The number of rotatable bonds is 0. The van der Waals surface area contributed by atoms with Crippen LogP contribution in [-0.4, -0.2) is 39.2 Å². The molecule has 3 aliphatic rings. The third-order valence-corrected chi connectivity index (χ3v) is 7.84. The van der Waals surface area contributed by atoms with Crippen LogP contribution in [-0.2, 0) is 27.3 Å². The number of carbonyl (C=O) groups excluding carboxylic acids is 1. The number of pyridine rings is 1. The van der Waals surface area contributed by atoms with Gasteiger partial charge in [0.15, 0.2) is 4.75 Å². The maximum Gasteiger partial charge on any atom is 0.410 e. The molecule has 2 aliphatic heterocycles. The smallest absolute Gasteiger partial charge is 0.410 e. The van der Waals surface area contributed by atoms with Crippen LogP contribution in [0.25, 0.3) is 0 Å². The number of amides is 1. The Bertz CT molecular complexity index is 766. The van der Waals surface area contributed by atoms with Crippen molar-refractivity contribution >= 4 is 17.5 Å². The summed E-state index contributed by atoms with van der Waals surface area (Å²) in [5, 5.41) is 0. The predicted molar refractivity (Wildman–Crippen MR) is 104 cm³/mol. The summed E-state index contributed by atoms with van der Waals surface area (Å²) in [6, 6.07) is 2.07. The van der Waals surface area contributed by atoms with E-state index in [-0.39, 0.29) is 17.6 Å². The maximum atomic E-state index is 12.9. The zero-order valence-electron chi connectivity index (χ0n) is 16.8. The fourth-order valence-electron chi connectivity index (χ4n) is 4.71. The van der Waals surface area contributed by atoms with Gasteiger partial charge in [0.1, 0.15) is 5.60 Å². The molecule has 1 unspecified atom stereocenters. The minimum atomic E-state index is -1.15. The molecule has 0 bridgehead atoms. The molecule has 1 aromatic rings. The zero-order chi connectivity index (χ0) is 19.6. The molecule has 1 spiro atoms. The number of ether oxygens (including phenoxy) is 1. The summed E-state index contributed by atoms with van der Waals surface area (Å²) in [5.41, 5.74) is 3.01. The first-order valence-corrected chi connectivity index (χ1v) is 10.8. The minimum Gasteiger partial charge on any atom is -0.597 e. The summed E-state index contributed by atoms with van der Waals surface area (Å²) < 4.78 is 21.4. The van der Waals surface area contributed by atoms with Gasteiger partial charge in [-0.15, -0.1) is 4.72 Å². The van der Waals surface area contributed by atoms with Crippen molar-refractivity contribution in [2.24, 2.45) is 5.41 Å². The van der Waals surface area contributed by atoms with E-state index < -0.39 is 21.7 Å². The first-order chi connectivity index (χ1) is 12.5. The van der Waals surface area contributed by atoms with Gasteiger partial charge in [-0.2, -0.15) is 0 Å². The van der Waals surface area contributed by atoms with E-state index in [9.17, 15) is 9.35 Å². The highest BCUT2D eigenvalue weighted by Crippen LogP contribution is 2.56. The molecule has 0 saturated carbocycles. The number of likely N-dealkylation sites (tertiary alicyclic amines) is 1. The molecule has 6 nitrogen and oxygen atoms in total. The standard InChI is InChI=1S/C20H29N3O3S/c1-18(2,3)26-17(24)23-10-7-20(8-11-23)12-14-15-13(6-9-21-14)19(4,5)27(25)22-16(15)20/h6,9,16,22H,7-8,10-12H2,1-5H3/t16-,27?/m1/s1. The lowest BCUT2D eigenvalue weighted by molar-refractivity contribution is 0.00695. The Balaban J connectivity index is 1.57. The van der Waals surface area contributed by atoms with Crippen LogP contribution >= 0.6 is 0 Å². The second-order valence-corrected chi connectivity index (χ2v) is 11.3. The van der Waals surface area contributed by atoms with Crippen molar-refractivity contribution in [2.75, 3.05) is 13.1 Å². The average Bonchev–Trinajstić information content (AvgIpc) is 2.86. The van der Waals surface area contributed by atoms with Gasteiger partial charge in [0, 0.05) is 52.9 Å². The lowest BCUT2D eigenvalue weighted by Crippen LogP contribution is -2.53. The summed E-state index contributed by atoms with van der Waals surface area (Å²) in [6.45, 7) is 11.0. The number of nitrogens with one attached hydrogen (secondary N) is 1. The van der Waals surface area contributed by atoms with Crippen molar-refractivity contribution < 1.29 is 14.1 Å². The van der Waals surface area contributed by atoms with Gasteiger partial charge in [-0.1, -0.05) is 0 Å². The van der Waals surface area contributed by atoms with Crippen molar-refractivity contribution in [2.45, 2.75) is 70.3 Å². The lowest BCUT2D eigenvalue weighted by atomic mass is 9.72. The maximum absolute atomic E-state index is 12.9. The Labute approximate surface area is 164 Å². The molecule has 148 valence electrons. The third kappa shape index (κ3) is 3.04. The Morgan fingerprint density at radius 2 is 2.04 bits per heavy atom. The molecule has 3 heterocycles. The molecule has 1 N–H and O–H groups in total. The summed E-state index contributed by atoms with van der Waals surface area (Å²) in [7, 11) is 0. The van der Waals surface area contributed by atoms with E-state index in [0.717, 1.165) is 30.5 Å². The predicted octanol–water partition coefficient (Wildman–Crippen LogP) is 3.20. The van der Waals surface area contributed by atoms with Crippen LogP contribution in [0.5, 0.6) is 0 Å². The van der Waals surface area contributed by atoms with Crippen LogP contribution in [0, 0.1) is 5.41 Å². The van der Waals surface area contributed by atoms with Gasteiger partial charge in [0.25, 0.3) is 0 Å². The molecule has 4 rings (SSSR count). The first-order valence-electron chi connectivity index (χ1n) is 9.68. The molecule has 27 heavy (non-hydrogen) atoms. The number of fused-ring (bicyclic) bond motifs is 1. The summed E-state index contributed by atoms with van der Waals surface area (Å²) in [6.07, 6.45) is 4.20. The number of aromatic nitrogens is 1. The highest BCUT2D eigenvalue weighted by molar-refractivity contribution is 7.90. The van der Waals surface area contributed by atoms with Crippen LogP contribution in [0.4, 0.5) is 4.79 Å². The second-order valence-electron chi connectivity index (χ2n) is 9.56. The number of piperidine rings is 1. The molecule has 2 atom stereocenters. The molecule has 0 aromatic carbocycles. The largest absolute Gasteiger partial charge is 0.597 e. The average molecular weight is 392 g/mol. The van der Waals surface area contributed by atoms with Crippen LogP contribution in [0.1, 0.15) is 70.3 Å². The van der Waals surface area contributed by atoms with Gasteiger partial charge in [-0.3, -0.25) is 4.98 Å². The van der Waals surface area contributed by atoms with E-state index in [1.54, 1.807) is 4.90 Å². The van der Waals surface area contributed by atoms with Gasteiger partial charge in [0.2, 0.25) is 0 Å². The Hall–Kier alpha value is -1.31. The monoisotopic (exact) mass is 391 g/mol. The molecular formula is C20H29N3O3S. The zero-order valence-corrected chi connectivity index (χ0v) is 17.6. The highest BCUT2D eigenvalue weighted by atomic mass is 32.2. The molecule has 7 heteroatoms. The second kappa shape index (κ2) is 6.09. The summed E-state index contributed by atoms with van der Waals surface area (Å²) >= 11 is -1.15. The lowest BCUT2D eigenvalue weighted by Gasteiger charge is -2.46. The third-order valence-electron chi connectivity index (χ3n) is 6.24. The number of carbonyl (C=O) groups is 1. The Morgan fingerprint density at radius 3 is 2.67 bits per heavy atom. The molecule has 1 fully saturated rings. The van der Waals surface area contributed by atoms with Gasteiger partial charge in [0.05, 0.1) is 6.04 Å². The highest BCUT2D eigenvalue weighted by Gasteiger charge is 2.57. The van der Waals surface area contributed by atoms with Crippen molar-refractivity contribution in [1.82, 2.24) is 14.6 Å². The number of nitrogens with zero attached hydrogens (tertiary/aromatic N) is 2. The van der Waals surface area contributed by atoms with Gasteiger partial charge in [-0.05, 0) is 59.9 Å². The fraction of sp³-hybridized carbons (Fsp3) is 0.700. The Kier molecular flexibility index (Phi) is 4.29. The molecule has 0 radical (unpaired) electrons. The molecule has 1 aromatic heterocycles. The minimum absolute atomic E-state index is 0.0316. The first kappa shape index (κ1) is 19.0. The van der Waals surface area contributed by atoms with Gasteiger partial charge in [-0.25, -0.2) is 4.79 Å². The van der Waals surface area contributed by atoms with Crippen molar-refractivity contribution in [1.29, 1.82) is 0 Å². The van der Waals surface area contributed by atoms with E-state index in [2.05, 4.69) is 9.71 Å². The summed E-state index contributed by atoms with van der Waals surface area (Å²) in [4.78, 5) is 18.9. The normalized spacial score (nSPS) is 28.1. The number of hydrogen-bond donors (Lipinski definition) is 1. The van der Waals surface area contributed by atoms with E-state index in [1.807, 2.05) is 46.9 Å². The van der Waals surface area contributed by atoms with E-state index in [0.29, 0.717) is 13.1 Å². The van der Waals surface area contributed by atoms with Crippen molar-refractivity contribution in [3.8, 4) is 0 Å². The quantitative estimate of drug-likeness (QED) is 0.687. The van der Waals surface area contributed by atoms with E-state index in [1.165, 1.54) is 5.56 Å². The SMILES string of the molecule is CC(C)(C)OC(=O)N1CCC2(CC1)Cc1nccc3c1[C@H]2N[S+]([O-])C3(C)C. The molecule has 1 amide bonds. The molecular weight excluding hydrogens is 362 g/mol. The van der Waals surface area contributed by atoms with E-state index in [4.69, 9.17) is 4.74 Å². The molecule has 1 aliphatic carbocycles. The molecule has 1 saturated heterocycles. The van der Waals surface area contributed by atoms with Crippen LogP contribution < -0.4 is 4.72 Å². The topological polar surface area (TPSA) is 77.5 Å². The fourth-order valence-corrected chi connectivity index (χ4v) is 5.97. The van der Waals surface area contributed by atoms with Crippen LogP contribution in [0.3, 0.4) is 0 Å².